The maximum atomic E-state index is 10.3. The summed E-state index contributed by atoms with van der Waals surface area (Å²) >= 11 is 0. The summed E-state index contributed by atoms with van der Waals surface area (Å²) in [7, 11) is 1.66. The Labute approximate surface area is 107 Å². The minimum atomic E-state index is -0.700. The van der Waals surface area contributed by atoms with Gasteiger partial charge in [-0.05, 0) is 54.8 Å². The molecule has 3 heteroatoms. The van der Waals surface area contributed by atoms with Crippen LogP contribution in [0.4, 0.5) is 0 Å². The molecule has 0 aliphatic carbocycles. The van der Waals surface area contributed by atoms with E-state index in [1.165, 1.54) is 0 Å². The molecule has 0 spiro atoms. The highest BCUT2D eigenvalue weighted by atomic mass is 16.5. The van der Waals surface area contributed by atoms with Gasteiger partial charge in [0.2, 0.25) is 0 Å². The lowest BCUT2D eigenvalue weighted by atomic mass is 10.00. The molecule has 2 aromatic rings. The third-order valence-electron chi connectivity index (χ3n) is 2.97. The van der Waals surface area contributed by atoms with E-state index in [0.717, 1.165) is 22.4 Å². The Balaban J connectivity index is 2.41. The van der Waals surface area contributed by atoms with Crippen molar-refractivity contribution in [2.75, 3.05) is 7.11 Å². The van der Waals surface area contributed by atoms with Gasteiger partial charge in [0, 0.05) is 6.20 Å². The number of aliphatic hydroxyl groups is 1. The van der Waals surface area contributed by atoms with E-state index in [4.69, 9.17) is 4.74 Å². The Bertz CT molecular complexity index is 514. The van der Waals surface area contributed by atoms with Crippen molar-refractivity contribution in [3.63, 3.8) is 0 Å². The topological polar surface area (TPSA) is 42.4 Å². The van der Waals surface area contributed by atoms with Crippen LogP contribution in [-0.4, -0.2) is 17.2 Å². The first-order valence-electron chi connectivity index (χ1n) is 5.87. The fraction of sp³-hybridized carbons (Fsp3) is 0.267. The van der Waals surface area contributed by atoms with Gasteiger partial charge < -0.3 is 9.84 Å². The van der Waals surface area contributed by atoms with Crippen molar-refractivity contribution in [1.82, 2.24) is 4.98 Å². The van der Waals surface area contributed by atoms with Crippen LogP contribution in [0.2, 0.25) is 0 Å². The van der Waals surface area contributed by atoms with E-state index < -0.39 is 6.10 Å². The molecule has 18 heavy (non-hydrogen) atoms. The summed E-state index contributed by atoms with van der Waals surface area (Å²) in [6.07, 6.45) is 0.983. The van der Waals surface area contributed by atoms with E-state index in [9.17, 15) is 5.11 Å². The van der Waals surface area contributed by atoms with Gasteiger partial charge in [0.05, 0.1) is 12.8 Å². The van der Waals surface area contributed by atoms with E-state index in [-0.39, 0.29) is 0 Å². The Hall–Kier alpha value is -1.87. The molecule has 0 aliphatic rings. The van der Waals surface area contributed by atoms with Gasteiger partial charge in [-0.1, -0.05) is 6.07 Å². The van der Waals surface area contributed by atoms with Gasteiger partial charge in [-0.3, -0.25) is 4.98 Å². The number of nitrogens with zero attached hydrogens (tertiary/aromatic N) is 1. The Morgan fingerprint density at radius 3 is 2.33 bits per heavy atom. The summed E-state index contributed by atoms with van der Waals surface area (Å²) in [4.78, 5) is 4.18. The van der Waals surface area contributed by atoms with Gasteiger partial charge >= 0.3 is 0 Å². The summed E-state index contributed by atoms with van der Waals surface area (Å²) in [5.41, 5.74) is 3.52. The molecule has 1 aromatic carbocycles. The molecule has 0 saturated carbocycles. The molecule has 0 fully saturated rings. The molecule has 94 valence electrons. The third-order valence-corrected chi connectivity index (χ3v) is 2.97. The number of aliphatic hydroxyl groups excluding tert-OH is 1. The number of benzene rings is 1. The smallest absolute Gasteiger partial charge is 0.124 e. The number of hydrogen-bond acceptors (Lipinski definition) is 3. The summed E-state index contributed by atoms with van der Waals surface area (Å²) in [5.74, 6) is 0.868. The minimum absolute atomic E-state index is 0.654. The lowest BCUT2D eigenvalue weighted by molar-refractivity contribution is 0.215. The van der Waals surface area contributed by atoms with Crippen molar-refractivity contribution in [2.24, 2.45) is 0 Å². The first-order chi connectivity index (χ1) is 8.63. The monoisotopic (exact) mass is 243 g/mol. The predicted octanol–water partition coefficient (Wildman–Crippen LogP) is 2.79. The van der Waals surface area contributed by atoms with Crippen molar-refractivity contribution >= 4 is 0 Å². The number of aromatic nitrogens is 1. The maximum Gasteiger partial charge on any atom is 0.124 e. The van der Waals surface area contributed by atoms with Gasteiger partial charge in [0.1, 0.15) is 11.9 Å². The van der Waals surface area contributed by atoms with Crippen molar-refractivity contribution in [3.05, 3.63) is 58.9 Å². The summed E-state index contributed by atoms with van der Waals surface area (Å²) in [6, 6.07) is 9.39. The van der Waals surface area contributed by atoms with E-state index in [2.05, 4.69) is 4.98 Å². The second kappa shape index (κ2) is 5.19. The van der Waals surface area contributed by atoms with Crippen LogP contribution in [0.5, 0.6) is 5.75 Å². The van der Waals surface area contributed by atoms with Crippen LogP contribution in [-0.2, 0) is 0 Å². The van der Waals surface area contributed by atoms with Gasteiger partial charge in [0.15, 0.2) is 0 Å². The van der Waals surface area contributed by atoms with Crippen LogP contribution < -0.4 is 4.74 Å². The third kappa shape index (κ3) is 2.36. The van der Waals surface area contributed by atoms with Crippen molar-refractivity contribution in [1.29, 1.82) is 0 Å². The molecule has 3 nitrogen and oxygen atoms in total. The second-order valence-electron chi connectivity index (χ2n) is 4.35. The predicted molar refractivity (Wildman–Crippen MR) is 70.8 cm³/mol. The first kappa shape index (κ1) is 12.6. The van der Waals surface area contributed by atoms with Crippen LogP contribution in [0.1, 0.15) is 28.5 Å². The fourth-order valence-corrected chi connectivity index (χ4v) is 2.17. The summed E-state index contributed by atoms with van der Waals surface area (Å²) < 4.78 is 5.32. The molecule has 1 heterocycles. The summed E-state index contributed by atoms with van der Waals surface area (Å²) in [6.45, 7) is 3.95. The van der Waals surface area contributed by atoms with E-state index in [0.29, 0.717) is 5.69 Å². The zero-order valence-corrected chi connectivity index (χ0v) is 10.8. The standard InChI is InChI=1S/C15H17NO2/c1-10-8-12(9-11(2)15(10)18-3)14(17)13-6-4-5-7-16-13/h4-9,14,17H,1-3H3/t14-/m1/s1. The van der Waals surface area contributed by atoms with Crippen molar-refractivity contribution in [2.45, 2.75) is 20.0 Å². The first-order valence-corrected chi connectivity index (χ1v) is 5.87. The van der Waals surface area contributed by atoms with E-state index >= 15 is 0 Å². The molecule has 2 rings (SSSR count). The quantitative estimate of drug-likeness (QED) is 0.901. The van der Waals surface area contributed by atoms with E-state index in [1.807, 2.05) is 44.2 Å². The van der Waals surface area contributed by atoms with E-state index in [1.54, 1.807) is 13.3 Å². The molecule has 0 aliphatic heterocycles. The highest BCUT2D eigenvalue weighted by Gasteiger charge is 2.14. The highest BCUT2D eigenvalue weighted by Crippen LogP contribution is 2.29. The maximum absolute atomic E-state index is 10.3. The summed E-state index contributed by atoms with van der Waals surface area (Å²) in [5, 5.41) is 10.3. The zero-order chi connectivity index (χ0) is 13.1. The van der Waals surface area contributed by atoms with Crippen LogP contribution in [0, 0.1) is 13.8 Å². The van der Waals surface area contributed by atoms with Crippen LogP contribution in [0.25, 0.3) is 0 Å². The van der Waals surface area contributed by atoms with Gasteiger partial charge in [-0.2, -0.15) is 0 Å². The SMILES string of the molecule is COc1c(C)cc([C@@H](O)c2ccccn2)cc1C. The van der Waals surface area contributed by atoms with Crippen molar-refractivity contribution < 1.29 is 9.84 Å². The number of rotatable bonds is 3. The van der Waals surface area contributed by atoms with Crippen molar-refractivity contribution in [3.8, 4) is 5.75 Å². The second-order valence-corrected chi connectivity index (χ2v) is 4.35. The number of hydrogen-bond donors (Lipinski definition) is 1. The number of aryl methyl sites for hydroxylation is 2. The highest BCUT2D eigenvalue weighted by molar-refractivity contribution is 5.45. The Morgan fingerprint density at radius 2 is 1.83 bits per heavy atom. The Kier molecular flexibility index (Phi) is 3.63. The molecule has 0 bridgehead atoms. The lowest BCUT2D eigenvalue weighted by Gasteiger charge is -2.15. The molecular weight excluding hydrogens is 226 g/mol. The molecule has 0 amide bonds. The van der Waals surface area contributed by atoms with Gasteiger partial charge in [-0.25, -0.2) is 0 Å². The van der Waals surface area contributed by atoms with Crippen LogP contribution in [0.15, 0.2) is 36.5 Å². The number of pyridine rings is 1. The molecule has 1 aromatic heterocycles. The average Bonchev–Trinajstić information content (AvgIpc) is 2.38. The molecular formula is C15H17NO2. The van der Waals surface area contributed by atoms with Gasteiger partial charge in [0.25, 0.3) is 0 Å². The minimum Gasteiger partial charge on any atom is -0.496 e. The average molecular weight is 243 g/mol. The van der Waals surface area contributed by atoms with Crippen LogP contribution in [0.3, 0.4) is 0 Å². The molecule has 0 saturated heterocycles. The zero-order valence-electron chi connectivity index (χ0n) is 10.8. The normalized spacial score (nSPS) is 12.2. The number of ether oxygens (including phenoxy) is 1. The molecule has 0 radical (unpaired) electrons. The molecule has 0 unspecified atom stereocenters. The molecule has 1 atom stereocenters. The van der Waals surface area contributed by atoms with Crippen LogP contribution >= 0.6 is 0 Å². The fourth-order valence-electron chi connectivity index (χ4n) is 2.17. The largest absolute Gasteiger partial charge is 0.496 e. The number of methoxy groups -OCH3 is 1. The van der Waals surface area contributed by atoms with Gasteiger partial charge in [-0.15, -0.1) is 0 Å². The molecule has 1 N–H and O–H groups in total. The Morgan fingerprint density at radius 1 is 1.17 bits per heavy atom. The lowest BCUT2D eigenvalue weighted by Crippen LogP contribution is -2.03.